The number of nitrogens with zero attached hydrogens (tertiary/aromatic N) is 2. The largest absolute Gasteiger partial charge is 0.384 e. The number of hydrogen-bond donors (Lipinski definition) is 2. The fourth-order valence-electron chi connectivity index (χ4n) is 1.47. The predicted molar refractivity (Wildman–Crippen MR) is 56.7 cm³/mol. The van der Waals surface area contributed by atoms with E-state index < -0.39 is 0 Å². The first-order chi connectivity index (χ1) is 6.59. The molecular weight excluding hydrogens is 200 g/mol. The summed E-state index contributed by atoms with van der Waals surface area (Å²) in [5.74, 6) is 0.00102. The Balaban J connectivity index is 2.90. The highest BCUT2D eigenvalue weighted by Crippen LogP contribution is 2.22. The molecule has 0 amide bonds. The van der Waals surface area contributed by atoms with Crippen molar-refractivity contribution >= 4 is 28.5 Å². The summed E-state index contributed by atoms with van der Waals surface area (Å²) < 4.78 is 1.82. The summed E-state index contributed by atoms with van der Waals surface area (Å²) >= 11 is 5.88. The second-order valence-corrected chi connectivity index (χ2v) is 3.53. The smallest absolute Gasteiger partial charge is 0.125 e. The molecule has 14 heavy (non-hydrogen) atoms. The number of imidazole rings is 1. The van der Waals surface area contributed by atoms with Crippen LogP contribution in [0.2, 0.25) is 5.02 Å². The molecule has 0 atom stereocenters. The monoisotopic (exact) mass is 208 g/mol. The Morgan fingerprint density at radius 3 is 2.93 bits per heavy atom. The molecule has 0 saturated carbocycles. The number of rotatable bonds is 1. The molecule has 0 unspecified atom stereocenters. The van der Waals surface area contributed by atoms with Gasteiger partial charge in [-0.15, -0.1) is 0 Å². The molecule has 3 N–H and O–H groups in total. The van der Waals surface area contributed by atoms with Crippen LogP contribution < -0.4 is 5.73 Å². The Kier molecular flexibility index (Phi) is 1.93. The van der Waals surface area contributed by atoms with Crippen LogP contribution in [0.15, 0.2) is 18.5 Å². The second kappa shape index (κ2) is 2.99. The molecule has 0 fully saturated rings. The fraction of sp³-hybridized carbons (Fsp3) is 0.111. The minimum Gasteiger partial charge on any atom is -0.384 e. The number of halogens is 1. The zero-order valence-corrected chi connectivity index (χ0v) is 8.34. The van der Waals surface area contributed by atoms with Crippen molar-refractivity contribution in [2.24, 2.45) is 12.8 Å². The molecule has 0 aliphatic rings. The standard InChI is InChI=1S/C9H9ClN4/c1-14-4-13-7-3-5(10)2-6(8(7)14)9(11)12/h2-4H,1H3,(H3,11,12). The summed E-state index contributed by atoms with van der Waals surface area (Å²) in [7, 11) is 1.86. The van der Waals surface area contributed by atoms with Crippen LogP contribution in [-0.2, 0) is 7.05 Å². The molecule has 5 heteroatoms. The average molecular weight is 209 g/mol. The molecule has 4 nitrogen and oxygen atoms in total. The summed E-state index contributed by atoms with van der Waals surface area (Å²) in [5.41, 5.74) is 7.67. The molecule has 2 aromatic rings. The number of hydrogen-bond acceptors (Lipinski definition) is 2. The van der Waals surface area contributed by atoms with Crippen LogP contribution in [0.4, 0.5) is 0 Å². The second-order valence-electron chi connectivity index (χ2n) is 3.09. The third kappa shape index (κ3) is 1.24. The van der Waals surface area contributed by atoms with Crippen molar-refractivity contribution in [3.05, 3.63) is 29.0 Å². The lowest BCUT2D eigenvalue weighted by atomic mass is 10.1. The minimum absolute atomic E-state index is 0.00102. The van der Waals surface area contributed by atoms with Gasteiger partial charge in [0.15, 0.2) is 0 Å². The molecule has 0 aliphatic carbocycles. The first kappa shape index (κ1) is 9.02. The van der Waals surface area contributed by atoms with Gasteiger partial charge in [0.05, 0.1) is 17.4 Å². The van der Waals surface area contributed by atoms with E-state index in [-0.39, 0.29) is 5.84 Å². The molecule has 72 valence electrons. The van der Waals surface area contributed by atoms with Crippen LogP contribution in [-0.4, -0.2) is 15.4 Å². The highest BCUT2D eigenvalue weighted by atomic mass is 35.5. The summed E-state index contributed by atoms with van der Waals surface area (Å²) in [5, 5.41) is 7.97. The molecule has 0 aliphatic heterocycles. The molecular formula is C9H9ClN4. The van der Waals surface area contributed by atoms with E-state index in [4.69, 9.17) is 22.7 Å². The van der Waals surface area contributed by atoms with Gasteiger partial charge in [-0.2, -0.15) is 0 Å². The maximum absolute atomic E-state index is 7.43. The summed E-state index contributed by atoms with van der Waals surface area (Å²) in [4.78, 5) is 4.15. The van der Waals surface area contributed by atoms with Crippen molar-refractivity contribution in [2.45, 2.75) is 0 Å². The van der Waals surface area contributed by atoms with E-state index in [2.05, 4.69) is 4.98 Å². The van der Waals surface area contributed by atoms with Crippen LogP contribution in [0.25, 0.3) is 11.0 Å². The van der Waals surface area contributed by atoms with Crippen molar-refractivity contribution in [2.75, 3.05) is 0 Å². The number of nitrogens with two attached hydrogens (primary N) is 1. The van der Waals surface area contributed by atoms with E-state index in [1.165, 1.54) is 0 Å². The summed E-state index contributed by atoms with van der Waals surface area (Å²) in [6.45, 7) is 0. The lowest BCUT2D eigenvalue weighted by molar-refractivity contribution is 0.946. The third-order valence-electron chi connectivity index (χ3n) is 2.07. The Morgan fingerprint density at radius 1 is 1.57 bits per heavy atom. The Bertz CT molecular complexity index is 515. The number of nitrogens with one attached hydrogen (secondary N) is 1. The van der Waals surface area contributed by atoms with Gasteiger partial charge in [0.25, 0.3) is 0 Å². The molecule has 0 spiro atoms. The highest BCUT2D eigenvalue weighted by molar-refractivity contribution is 6.32. The molecule has 1 aromatic heterocycles. The lowest BCUT2D eigenvalue weighted by Gasteiger charge is -2.03. The number of amidine groups is 1. The summed E-state index contributed by atoms with van der Waals surface area (Å²) in [6.07, 6.45) is 1.67. The Labute approximate surface area is 85.8 Å². The fourth-order valence-corrected chi connectivity index (χ4v) is 1.68. The van der Waals surface area contributed by atoms with E-state index in [1.54, 1.807) is 18.5 Å². The van der Waals surface area contributed by atoms with Crippen molar-refractivity contribution in [3.63, 3.8) is 0 Å². The third-order valence-corrected chi connectivity index (χ3v) is 2.29. The topological polar surface area (TPSA) is 67.7 Å². The highest BCUT2D eigenvalue weighted by Gasteiger charge is 2.09. The molecule has 0 saturated heterocycles. The van der Waals surface area contributed by atoms with E-state index in [1.807, 2.05) is 11.6 Å². The molecule has 1 aromatic carbocycles. The number of fused-ring (bicyclic) bond motifs is 1. The van der Waals surface area contributed by atoms with Gasteiger partial charge < -0.3 is 10.3 Å². The normalized spacial score (nSPS) is 10.7. The van der Waals surface area contributed by atoms with Crippen molar-refractivity contribution in [1.29, 1.82) is 5.41 Å². The molecule has 2 rings (SSSR count). The van der Waals surface area contributed by atoms with Gasteiger partial charge in [-0.3, -0.25) is 5.41 Å². The van der Waals surface area contributed by atoms with Gasteiger partial charge in [0.2, 0.25) is 0 Å². The van der Waals surface area contributed by atoms with Crippen molar-refractivity contribution in [1.82, 2.24) is 9.55 Å². The maximum Gasteiger partial charge on any atom is 0.125 e. The SMILES string of the molecule is Cn1cnc2cc(Cl)cc(C(=N)N)c21. The summed E-state index contributed by atoms with van der Waals surface area (Å²) in [6, 6.07) is 3.43. The molecule has 0 radical (unpaired) electrons. The van der Waals surface area contributed by atoms with Crippen LogP contribution >= 0.6 is 11.6 Å². The van der Waals surface area contributed by atoms with Crippen LogP contribution in [0.1, 0.15) is 5.56 Å². The molecule has 0 bridgehead atoms. The zero-order valence-electron chi connectivity index (χ0n) is 7.58. The molecule has 1 heterocycles. The Morgan fingerprint density at radius 2 is 2.29 bits per heavy atom. The quantitative estimate of drug-likeness (QED) is 0.551. The van der Waals surface area contributed by atoms with Crippen molar-refractivity contribution in [3.8, 4) is 0 Å². The van der Waals surface area contributed by atoms with Gasteiger partial charge in [0, 0.05) is 17.6 Å². The predicted octanol–water partition coefficient (Wildman–Crippen LogP) is 1.51. The van der Waals surface area contributed by atoms with Crippen LogP contribution in [0.3, 0.4) is 0 Å². The van der Waals surface area contributed by atoms with Crippen LogP contribution in [0.5, 0.6) is 0 Å². The number of aryl methyl sites for hydroxylation is 1. The van der Waals surface area contributed by atoms with Crippen LogP contribution in [0, 0.1) is 5.41 Å². The van der Waals surface area contributed by atoms with Crippen molar-refractivity contribution < 1.29 is 0 Å². The van der Waals surface area contributed by atoms with Gasteiger partial charge in [-0.25, -0.2) is 4.98 Å². The van der Waals surface area contributed by atoms with E-state index in [0.29, 0.717) is 10.6 Å². The number of nitrogen functional groups attached to an aromatic ring is 1. The number of benzene rings is 1. The van der Waals surface area contributed by atoms with Gasteiger partial charge in [-0.05, 0) is 12.1 Å². The van der Waals surface area contributed by atoms with Gasteiger partial charge in [0.1, 0.15) is 5.84 Å². The van der Waals surface area contributed by atoms with Gasteiger partial charge >= 0.3 is 0 Å². The van der Waals surface area contributed by atoms with E-state index in [0.717, 1.165) is 11.0 Å². The van der Waals surface area contributed by atoms with Gasteiger partial charge in [-0.1, -0.05) is 11.6 Å². The minimum atomic E-state index is 0.00102. The first-order valence-corrected chi connectivity index (χ1v) is 4.42. The van der Waals surface area contributed by atoms with E-state index >= 15 is 0 Å². The maximum atomic E-state index is 7.43. The first-order valence-electron chi connectivity index (χ1n) is 4.04. The zero-order chi connectivity index (χ0) is 10.3. The lowest BCUT2D eigenvalue weighted by Crippen LogP contribution is -2.12. The average Bonchev–Trinajstić information content (AvgIpc) is 2.46. The number of aromatic nitrogens is 2. The van der Waals surface area contributed by atoms with E-state index in [9.17, 15) is 0 Å². The Hall–Kier alpha value is -1.55.